The summed E-state index contributed by atoms with van der Waals surface area (Å²) < 4.78 is 5.16. The SMILES string of the molecule is CN(Cc1ccc(N2CCCCC2)cc1)C(=O)CCNC(=O)OC(C)(C)C. The van der Waals surface area contributed by atoms with Gasteiger partial charge >= 0.3 is 6.09 Å². The van der Waals surface area contributed by atoms with Gasteiger partial charge in [0.2, 0.25) is 5.91 Å². The summed E-state index contributed by atoms with van der Waals surface area (Å²) in [6.45, 7) is 8.51. The molecule has 0 bridgehead atoms. The second-order valence-electron chi connectivity index (χ2n) is 8.14. The highest BCUT2D eigenvalue weighted by atomic mass is 16.6. The number of anilines is 1. The number of carbonyl (C=O) groups is 2. The summed E-state index contributed by atoms with van der Waals surface area (Å²) in [4.78, 5) is 28.0. The molecule has 1 N–H and O–H groups in total. The van der Waals surface area contributed by atoms with Crippen molar-refractivity contribution in [3.63, 3.8) is 0 Å². The van der Waals surface area contributed by atoms with E-state index in [9.17, 15) is 9.59 Å². The lowest BCUT2D eigenvalue weighted by Crippen LogP contribution is -2.35. The molecule has 2 amide bonds. The smallest absolute Gasteiger partial charge is 0.407 e. The van der Waals surface area contributed by atoms with Gasteiger partial charge in [0.05, 0.1) is 0 Å². The number of carbonyl (C=O) groups excluding carboxylic acids is 2. The fraction of sp³-hybridized carbons (Fsp3) is 0.619. The highest BCUT2D eigenvalue weighted by molar-refractivity contribution is 5.77. The third-order valence-corrected chi connectivity index (χ3v) is 4.51. The van der Waals surface area contributed by atoms with Crippen molar-refractivity contribution in [2.45, 2.75) is 58.6 Å². The summed E-state index contributed by atoms with van der Waals surface area (Å²) in [5, 5.41) is 2.62. The third-order valence-electron chi connectivity index (χ3n) is 4.51. The van der Waals surface area contributed by atoms with Crippen LogP contribution in [0.4, 0.5) is 10.5 Å². The number of hydrogen-bond acceptors (Lipinski definition) is 4. The van der Waals surface area contributed by atoms with Crippen LogP contribution in [0.3, 0.4) is 0 Å². The van der Waals surface area contributed by atoms with E-state index in [1.54, 1.807) is 11.9 Å². The van der Waals surface area contributed by atoms with Crippen molar-refractivity contribution in [1.29, 1.82) is 0 Å². The minimum absolute atomic E-state index is 0.00818. The largest absolute Gasteiger partial charge is 0.444 e. The molecule has 1 aromatic rings. The molecule has 0 radical (unpaired) electrons. The van der Waals surface area contributed by atoms with Crippen molar-refractivity contribution < 1.29 is 14.3 Å². The molecule has 1 aliphatic heterocycles. The Bertz CT molecular complexity index is 617. The Labute approximate surface area is 162 Å². The molecule has 1 fully saturated rings. The quantitative estimate of drug-likeness (QED) is 0.826. The molecule has 27 heavy (non-hydrogen) atoms. The predicted octanol–water partition coefficient (Wildman–Crippen LogP) is 3.55. The zero-order chi connectivity index (χ0) is 19.9. The van der Waals surface area contributed by atoms with E-state index in [1.165, 1.54) is 24.9 Å². The van der Waals surface area contributed by atoms with Gasteiger partial charge in [0.25, 0.3) is 0 Å². The molecule has 1 heterocycles. The zero-order valence-electron chi connectivity index (χ0n) is 17.1. The van der Waals surface area contributed by atoms with Crippen LogP contribution in [0.15, 0.2) is 24.3 Å². The van der Waals surface area contributed by atoms with E-state index in [-0.39, 0.29) is 18.9 Å². The molecule has 6 heteroatoms. The monoisotopic (exact) mass is 375 g/mol. The molecule has 0 spiro atoms. The Morgan fingerprint density at radius 1 is 1.11 bits per heavy atom. The van der Waals surface area contributed by atoms with Crippen molar-refractivity contribution in [3.05, 3.63) is 29.8 Å². The van der Waals surface area contributed by atoms with Crippen molar-refractivity contribution in [2.24, 2.45) is 0 Å². The standard InChI is InChI=1S/C21H33N3O3/c1-21(2,3)27-20(26)22-13-12-19(25)23(4)16-17-8-10-18(11-9-17)24-14-6-5-7-15-24/h8-11H,5-7,12-16H2,1-4H3,(H,22,26). The van der Waals surface area contributed by atoms with Crippen molar-refractivity contribution in [3.8, 4) is 0 Å². The first kappa shape index (κ1) is 21.1. The van der Waals surface area contributed by atoms with Crippen LogP contribution in [-0.4, -0.2) is 49.2 Å². The maximum Gasteiger partial charge on any atom is 0.407 e. The van der Waals surface area contributed by atoms with Crippen molar-refractivity contribution in [2.75, 3.05) is 31.6 Å². The van der Waals surface area contributed by atoms with Gasteiger partial charge in [0.15, 0.2) is 0 Å². The maximum atomic E-state index is 12.3. The predicted molar refractivity (Wildman–Crippen MR) is 108 cm³/mol. The molecular weight excluding hydrogens is 342 g/mol. The molecule has 6 nitrogen and oxygen atoms in total. The topological polar surface area (TPSA) is 61.9 Å². The minimum Gasteiger partial charge on any atom is -0.444 e. The highest BCUT2D eigenvalue weighted by Gasteiger charge is 2.17. The van der Waals surface area contributed by atoms with E-state index < -0.39 is 11.7 Å². The average molecular weight is 376 g/mol. The molecule has 0 unspecified atom stereocenters. The normalized spacial score (nSPS) is 14.6. The van der Waals surface area contributed by atoms with Crippen LogP contribution >= 0.6 is 0 Å². The fourth-order valence-corrected chi connectivity index (χ4v) is 3.10. The van der Waals surface area contributed by atoms with Gasteiger partial charge in [-0.15, -0.1) is 0 Å². The van der Waals surface area contributed by atoms with Gasteiger partial charge in [0.1, 0.15) is 5.60 Å². The second kappa shape index (κ2) is 9.62. The summed E-state index contributed by atoms with van der Waals surface area (Å²) in [7, 11) is 1.79. The molecule has 0 atom stereocenters. The van der Waals surface area contributed by atoms with Gasteiger partial charge in [-0.05, 0) is 57.7 Å². The fourth-order valence-electron chi connectivity index (χ4n) is 3.10. The minimum atomic E-state index is -0.536. The zero-order valence-corrected chi connectivity index (χ0v) is 17.1. The van der Waals surface area contributed by atoms with Gasteiger partial charge in [-0.3, -0.25) is 4.79 Å². The van der Waals surface area contributed by atoms with E-state index in [2.05, 4.69) is 34.5 Å². The van der Waals surface area contributed by atoms with Gasteiger partial charge in [0, 0.05) is 45.3 Å². The van der Waals surface area contributed by atoms with Crippen LogP contribution in [0.2, 0.25) is 0 Å². The van der Waals surface area contributed by atoms with Crippen LogP contribution < -0.4 is 10.2 Å². The molecule has 1 aliphatic rings. The van der Waals surface area contributed by atoms with Gasteiger partial charge in [-0.25, -0.2) is 4.79 Å². The summed E-state index contributed by atoms with van der Waals surface area (Å²) >= 11 is 0. The molecule has 0 saturated carbocycles. The van der Waals surface area contributed by atoms with Gasteiger partial charge in [-0.1, -0.05) is 12.1 Å². The Kier molecular flexibility index (Phi) is 7.51. The first-order valence-electron chi connectivity index (χ1n) is 9.79. The van der Waals surface area contributed by atoms with Crippen molar-refractivity contribution in [1.82, 2.24) is 10.2 Å². The first-order chi connectivity index (χ1) is 12.7. The molecule has 2 rings (SSSR count). The molecule has 0 aromatic heterocycles. The molecular formula is C21H33N3O3. The van der Waals surface area contributed by atoms with E-state index in [0.29, 0.717) is 6.54 Å². The lowest BCUT2D eigenvalue weighted by molar-refractivity contribution is -0.130. The van der Waals surface area contributed by atoms with E-state index in [4.69, 9.17) is 4.74 Å². The lowest BCUT2D eigenvalue weighted by Gasteiger charge is -2.29. The Balaban J connectivity index is 1.74. The number of ether oxygens (including phenoxy) is 1. The number of nitrogens with one attached hydrogen (secondary N) is 1. The van der Waals surface area contributed by atoms with E-state index in [0.717, 1.165) is 18.7 Å². The first-order valence-corrected chi connectivity index (χ1v) is 9.79. The van der Waals surface area contributed by atoms with Gasteiger partial charge < -0.3 is 19.9 Å². The molecule has 1 saturated heterocycles. The summed E-state index contributed by atoms with van der Waals surface area (Å²) in [5.74, 6) is -0.00818. The molecule has 150 valence electrons. The number of amides is 2. The van der Waals surface area contributed by atoms with E-state index >= 15 is 0 Å². The Morgan fingerprint density at radius 2 is 1.74 bits per heavy atom. The summed E-state index contributed by atoms with van der Waals surface area (Å²) in [5.41, 5.74) is 1.83. The summed E-state index contributed by atoms with van der Waals surface area (Å²) in [6, 6.07) is 8.46. The second-order valence-corrected chi connectivity index (χ2v) is 8.14. The van der Waals surface area contributed by atoms with E-state index in [1.807, 2.05) is 20.8 Å². The maximum absolute atomic E-state index is 12.3. The molecule has 0 aliphatic carbocycles. The number of nitrogens with zero attached hydrogens (tertiary/aromatic N) is 2. The van der Waals surface area contributed by atoms with Crippen LogP contribution in [0.1, 0.15) is 52.0 Å². The Morgan fingerprint density at radius 3 is 2.33 bits per heavy atom. The number of piperidine rings is 1. The van der Waals surface area contributed by atoms with Crippen LogP contribution in [0.25, 0.3) is 0 Å². The van der Waals surface area contributed by atoms with Crippen LogP contribution in [-0.2, 0) is 16.1 Å². The van der Waals surface area contributed by atoms with Gasteiger partial charge in [-0.2, -0.15) is 0 Å². The number of hydrogen-bond donors (Lipinski definition) is 1. The number of alkyl carbamates (subject to hydrolysis) is 1. The molecule has 1 aromatic carbocycles. The average Bonchev–Trinajstić information content (AvgIpc) is 2.61. The van der Waals surface area contributed by atoms with Crippen LogP contribution in [0.5, 0.6) is 0 Å². The lowest BCUT2D eigenvalue weighted by atomic mass is 10.1. The number of benzene rings is 1. The van der Waals surface area contributed by atoms with Crippen LogP contribution in [0, 0.1) is 0 Å². The summed E-state index contributed by atoms with van der Waals surface area (Å²) in [6.07, 6.45) is 3.60. The van der Waals surface area contributed by atoms with Crippen molar-refractivity contribution >= 4 is 17.7 Å². The third kappa shape index (κ3) is 7.49. The highest BCUT2D eigenvalue weighted by Crippen LogP contribution is 2.20. The number of rotatable bonds is 6. The Hall–Kier alpha value is -2.24.